The Bertz CT molecular complexity index is 4360. The minimum atomic E-state index is -6.00. The molecule has 0 spiro atoms. The summed E-state index contributed by atoms with van der Waals surface area (Å²) in [4.78, 5) is 45.9. The molecule has 6 aromatic heterocycles. The second-order valence-electron chi connectivity index (χ2n) is 19.7. The van der Waals surface area contributed by atoms with E-state index in [4.69, 9.17) is 25.2 Å². The molecule has 13 nitrogen and oxygen atoms in total. The van der Waals surface area contributed by atoms with Crippen LogP contribution >= 0.6 is 0 Å². The fourth-order valence-corrected chi connectivity index (χ4v) is 8.74. The molecule has 0 bridgehead atoms. The maximum Gasteiger partial charge on any atom is 2.00 e. The number of rotatable bonds is 6. The average Bonchev–Trinajstić information content (AvgIpc) is 0.750. The minimum absolute atomic E-state index is 0. The van der Waals surface area contributed by atoms with Gasteiger partial charge in [-0.2, -0.15) is 5.26 Å². The van der Waals surface area contributed by atoms with Gasteiger partial charge in [0.2, 0.25) is 0 Å². The summed E-state index contributed by atoms with van der Waals surface area (Å²) < 4.78 is 78.0. The number of benzene rings is 8. The topological polar surface area (TPSA) is 180 Å². The van der Waals surface area contributed by atoms with Gasteiger partial charge in [0, 0.05) is 53.3 Å². The number of halogens is 8. The summed E-state index contributed by atoms with van der Waals surface area (Å²) in [5.74, 6) is 0. The largest absolute Gasteiger partial charge is 2.00 e. The number of para-hydroxylation sites is 4. The maximum atomic E-state index is 9.75. The molecule has 0 atom stereocenters. The van der Waals surface area contributed by atoms with Crippen molar-refractivity contribution in [3.63, 3.8) is 0 Å². The van der Waals surface area contributed by atoms with Crippen LogP contribution in [0.3, 0.4) is 0 Å². The summed E-state index contributed by atoms with van der Waals surface area (Å²) in [7, 11) is -12.0. The molecule has 14 aromatic rings. The number of aryl methyl sites for hydroxylation is 4. The van der Waals surface area contributed by atoms with Crippen LogP contribution in [-0.2, 0) is 39.0 Å². The van der Waals surface area contributed by atoms with Gasteiger partial charge >= 0.3 is 53.5 Å². The molecule has 0 fully saturated rings. The Hall–Kier alpha value is -10.2. The van der Waals surface area contributed by atoms with E-state index >= 15 is 0 Å². The van der Waals surface area contributed by atoms with Crippen molar-refractivity contribution in [2.75, 3.05) is 0 Å². The van der Waals surface area contributed by atoms with Crippen molar-refractivity contribution in [1.82, 2.24) is 39.9 Å². The number of hydrogen-bond donors (Lipinski definition) is 0. The number of pyridine rings is 4. The molecule has 25 heteroatoms. The third kappa shape index (κ3) is 21.5. The standard InChI is InChI=1S/2C18H10N4.2C15H15N2.C2H3N.2BF4.2Rh/c2*1-2-8-14-13(7-1)21-17-11-5-3-9-19-15(11)16-12(18(17)22-14)6-4-10-20-16;2*1-12-3-7-14(8-4-12)16-11-17-15-9-5-13(2)6-10-15;1-2-3;2*2-1(3,4)5;;/h2*1-10H;2*3-11H,1-2H3;1H3;;;;/q;;2*-1;;2*-1;2*+2. The van der Waals surface area contributed by atoms with Gasteiger partial charge in [-0.25, -0.2) is 19.9 Å². The zero-order chi connectivity index (χ0) is 64.9. The molecule has 0 aliphatic carbocycles. The van der Waals surface area contributed by atoms with Crippen molar-refractivity contribution < 1.29 is 73.5 Å². The van der Waals surface area contributed by atoms with E-state index in [2.05, 4.69) is 68.2 Å². The molecular weight excluding hydrogens is 1380 g/mol. The molecule has 14 rings (SSSR count). The first-order valence-corrected chi connectivity index (χ1v) is 27.9. The normalized spacial score (nSPS) is 10.8. The molecule has 6 heterocycles. The number of aromatic nitrogens is 8. The van der Waals surface area contributed by atoms with Gasteiger partial charge in [0.05, 0.1) is 72.3 Å². The first-order valence-electron chi connectivity index (χ1n) is 27.9. The predicted molar refractivity (Wildman–Crippen MR) is 354 cm³/mol. The van der Waals surface area contributed by atoms with Crippen LogP contribution in [0.2, 0.25) is 0 Å². The first-order chi connectivity index (χ1) is 43.7. The fraction of sp³-hybridized carbons (Fsp3) is 0.0735. The molecule has 0 aliphatic rings. The summed E-state index contributed by atoms with van der Waals surface area (Å²) in [5, 5.41) is 19.8. The van der Waals surface area contributed by atoms with Gasteiger partial charge in [-0.3, -0.25) is 19.9 Å². The van der Waals surface area contributed by atoms with E-state index in [0.717, 1.165) is 110 Å². The molecule has 0 saturated carbocycles. The number of nitriles is 1. The second-order valence-corrected chi connectivity index (χ2v) is 19.7. The molecule has 0 unspecified atom stereocenters. The van der Waals surface area contributed by atoms with Gasteiger partial charge in [-0.15, -0.1) is 0 Å². The van der Waals surface area contributed by atoms with Gasteiger partial charge in [0.15, 0.2) is 0 Å². The number of hydrogen-bond acceptors (Lipinski definition) is 11. The molecule has 0 N–H and O–H groups in total. The molecule has 470 valence electrons. The molecular formula is C68H53B2F8N13Rh2. The van der Waals surface area contributed by atoms with Crippen molar-refractivity contribution in [3.05, 3.63) is 252 Å². The number of fused-ring (bicyclic) bond motifs is 14. The van der Waals surface area contributed by atoms with E-state index in [0.29, 0.717) is 0 Å². The van der Waals surface area contributed by atoms with Crippen molar-refractivity contribution in [2.24, 2.45) is 9.98 Å². The summed E-state index contributed by atoms with van der Waals surface area (Å²) in [6.07, 6.45) is 10.3. The van der Waals surface area contributed by atoms with Crippen molar-refractivity contribution in [2.45, 2.75) is 34.6 Å². The Balaban J connectivity index is 0.000000185. The minimum Gasteiger partial charge on any atom is -0.443 e. The first kappa shape index (κ1) is 71.9. The van der Waals surface area contributed by atoms with Gasteiger partial charge in [0.25, 0.3) is 0 Å². The van der Waals surface area contributed by atoms with Gasteiger partial charge in [0.1, 0.15) is 0 Å². The molecule has 8 aromatic carbocycles. The molecule has 0 saturated heterocycles. The summed E-state index contributed by atoms with van der Waals surface area (Å²) in [6, 6.07) is 65.6. The van der Waals surface area contributed by atoms with Crippen LogP contribution in [0.15, 0.2) is 229 Å². The second kappa shape index (κ2) is 34.3. The van der Waals surface area contributed by atoms with E-state index in [-0.39, 0.29) is 39.0 Å². The van der Waals surface area contributed by atoms with Crippen molar-refractivity contribution in [3.8, 4) is 6.07 Å². The van der Waals surface area contributed by atoms with Crippen LogP contribution in [-0.4, -0.2) is 67.1 Å². The Morgan fingerprint density at radius 2 is 0.559 bits per heavy atom. The zero-order valence-electron chi connectivity index (χ0n) is 50.1. The Morgan fingerprint density at radius 3 is 0.785 bits per heavy atom. The van der Waals surface area contributed by atoms with E-state index < -0.39 is 14.5 Å². The Morgan fingerprint density at radius 1 is 0.344 bits per heavy atom. The van der Waals surface area contributed by atoms with Crippen molar-refractivity contribution >= 4 is 138 Å². The van der Waals surface area contributed by atoms with Crippen LogP contribution in [0, 0.1) is 39.0 Å². The van der Waals surface area contributed by atoms with Crippen LogP contribution in [0.4, 0.5) is 57.3 Å². The number of nitrogens with zero attached hydrogens (tertiary/aromatic N) is 13. The average molecular weight is 1430 g/mol. The predicted octanol–water partition coefficient (Wildman–Crippen LogP) is 20.2. The Labute approximate surface area is 555 Å². The van der Waals surface area contributed by atoms with Gasteiger partial charge in [-0.05, 0) is 123 Å². The maximum absolute atomic E-state index is 9.75. The third-order valence-corrected chi connectivity index (χ3v) is 12.8. The Kier molecular flexibility index (Phi) is 26.5. The van der Waals surface area contributed by atoms with E-state index in [1.807, 2.05) is 194 Å². The van der Waals surface area contributed by atoms with Crippen LogP contribution in [0.1, 0.15) is 29.2 Å². The van der Waals surface area contributed by atoms with Crippen LogP contribution in [0.5, 0.6) is 0 Å². The molecule has 0 amide bonds. The van der Waals surface area contributed by atoms with Crippen LogP contribution < -0.4 is 0 Å². The third-order valence-electron chi connectivity index (χ3n) is 12.8. The summed E-state index contributed by atoms with van der Waals surface area (Å²) in [6.45, 7) is 9.67. The smallest absolute Gasteiger partial charge is 0.443 e. The molecule has 2 radical (unpaired) electrons. The quantitative estimate of drug-likeness (QED) is 0.0391. The van der Waals surface area contributed by atoms with Gasteiger partial charge < -0.3 is 55.1 Å². The van der Waals surface area contributed by atoms with Crippen molar-refractivity contribution in [1.29, 1.82) is 5.26 Å². The fourth-order valence-electron chi connectivity index (χ4n) is 8.74. The zero-order valence-corrected chi connectivity index (χ0v) is 53.4. The van der Waals surface area contributed by atoms with Crippen LogP contribution in [0.25, 0.3) is 98.4 Å². The van der Waals surface area contributed by atoms with E-state index in [1.54, 1.807) is 43.5 Å². The van der Waals surface area contributed by atoms with Gasteiger partial charge in [-0.1, -0.05) is 156 Å². The van der Waals surface area contributed by atoms with E-state index in [9.17, 15) is 34.5 Å². The summed E-state index contributed by atoms with van der Waals surface area (Å²) in [5.41, 5.74) is 19.2. The monoisotopic (exact) mass is 1430 g/mol. The molecule has 93 heavy (non-hydrogen) atoms. The number of aliphatic imine (C=N–C) groups is 2. The van der Waals surface area contributed by atoms with E-state index in [1.165, 1.54) is 29.2 Å². The molecule has 0 aliphatic heterocycles. The SMILES string of the molecule is CC#N.Cc1ccc(N=C[N-]c2ccc(C)cc2)cc1.Cc1ccc(N=C[N-]c2ccc(C)cc2)cc1.F[B-](F)(F)F.F[B-](F)(F)F.[Rh+2].[Rh+2].c1ccc2nc3c4cccnc4c4ncccc4c3nc2c1.c1ccc2nc3c4cccnc4c4ncccc4c3nc2c1. The summed E-state index contributed by atoms with van der Waals surface area (Å²) >= 11 is 0.